The quantitative estimate of drug-likeness (QED) is 0.705. The van der Waals surface area contributed by atoms with Crippen LogP contribution in [0.3, 0.4) is 0 Å². The number of hydrogen-bond donors (Lipinski definition) is 1. The molecule has 1 N–H and O–H groups in total. The topological polar surface area (TPSA) is 69.7 Å². The van der Waals surface area contributed by atoms with Gasteiger partial charge in [0.2, 0.25) is 15.9 Å². The van der Waals surface area contributed by atoms with Crippen LogP contribution < -0.4 is 10.2 Å². The van der Waals surface area contributed by atoms with E-state index in [2.05, 4.69) is 35.3 Å². The van der Waals surface area contributed by atoms with Gasteiger partial charge < -0.3 is 10.2 Å². The molecule has 2 aliphatic rings. The summed E-state index contributed by atoms with van der Waals surface area (Å²) >= 11 is 0. The first-order valence-electron chi connectivity index (χ1n) is 10.5. The Morgan fingerprint density at radius 1 is 1.11 bits per heavy atom. The van der Waals surface area contributed by atoms with E-state index in [0.717, 1.165) is 31.4 Å². The van der Waals surface area contributed by atoms with Crippen molar-refractivity contribution in [1.82, 2.24) is 9.62 Å². The number of nitrogens with one attached hydrogen (secondary N) is 1. The van der Waals surface area contributed by atoms with Crippen LogP contribution in [0.25, 0.3) is 0 Å². The smallest absolute Gasteiger partial charge is 0.223 e. The van der Waals surface area contributed by atoms with Gasteiger partial charge in [0.25, 0.3) is 0 Å². The minimum absolute atomic E-state index is 0.0996. The highest BCUT2D eigenvalue weighted by Gasteiger charge is 2.27. The van der Waals surface area contributed by atoms with Crippen molar-refractivity contribution in [2.24, 2.45) is 5.92 Å². The fourth-order valence-corrected chi connectivity index (χ4v) is 5.64. The molecule has 1 aromatic carbocycles. The molecule has 0 atom stereocenters. The summed E-state index contributed by atoms with van der Waals surface area (Å²) < 4.78 is 26.8. The van der Waals surface area contributed by atoms with E-state index >= 15 is 0 Å². The Morgan fingerprint density at radius 2 is 1.82 bits per heavy atom. The molecule has 0 bridgehead atoms. The molecule has 0 spiro atoms. The molecule has 156 valence electrons. The molecule has 1 aliphatic heterocycles. The lowest BCUT2D eigenvalue weighted by Crippen LogP contribution is -2.49. The van der Waals surface area contributed by atoms with Gasteiger partial charge >= 0.3 is 0 Å². The summed E-state index contributed by atoms with van der Waals surface area (Å²) in [6, 6.07) is 8.32. The summed E-state index contributed by atoms with van der Waals surface area (Å²) in [5.74, 6) is 0.325. The molecule has 6 nitrogen and oxygen atoms in total. The van der Waals surface area contributed by atoms with Gasteiger partial charge in [-0.1, -0.05) is 31.4 Å². The zero-order valence-corrected chi connectivity index (χ0v) is 17.7. The van der Waals surface area contributed by atoms with Crippen molar-refractivity contribution >= 4 is 21.6 Å². The van der Waals surface area contributed by atoms with E-state index < -0.39 is 10.0 Å². The lowest BCUT2D eigenvalue weighted by Gasteiger charge is -2.35. The standard InChI is InChI=1S/C21H33N3O3S/c1-18-7-5-10-20(17-18)23-12-14-24(15-13-23)28(26,27)16-6-11-22-21(25)19-8-3-2-4-9-19/h5,7,10,17,19H,2-4,6,8-9,11-16H2,1H3,(H,22,25). The third-order valence-corrected chi connectivity index (χ3v) is 7.81. The normalized spacial score (nSPS) is 19.5. The highest BCUT2D eigenvalue weighted by atomic mass is 32.2. The van der Waals surface area contributed by atoms with Crippen LogP contribution in [0, 0.1) is 12.8 Å². The number of carbonyl (C=O) groups excluding carboxylic acids is 1. The van der Waals surface area contributed by atoms with E-state index in [1.807, 2.05) is 6.07 Å². The Balaban J connectivity index is 1.39. The number of amides is 1. The van der Waals surface area contributed by atoms with Crippen molar-refractivity contribution < 1.29 is 13.2 Å². The first kappa shape index (κ1) is 21.1. The molecule has 0 aromatic heterocycles. The number of anilines is 1. The summed E-state index contributed by atoms with van der Waals surface area (Å²) in [7, 11) is -3.26. The van der Waals surface area contributed by atoms with Crippen LogP contribution in [-0.2, 0) is 14.8 Å². The molecule has 1 saturated heterocycles. The molecule has 1 saturated carbocycles. The molecule has 7 heteroatoms. The van der Waals surface area contributed by atoms with E-state index in [4.69, 9.17) is 0 Å². The zero-order valence-electron chi connectivity index (χ0n) is 16.9. The Hall–Kier alpha value is -1.60. The van der Waals surface area contributed by atoms with Crippen LogP contribution in [0.15, 0.2) is 24.3 Å². The van der Waals surface area contributed by atoms with Crippen LogP contribution in [0.4, 0.5) is 5.69 Å². The van der Waals surface area contributed by atoms with Gasteiger partial charge in [0, 0.05) is 44.3 Å². The highest BCUT2D eigenvalue weighted by molar-refractivity contribution is 7.89. The summed E-state index contributed by atoms with van der Waals surface area (Å²) in [4.78, 5) is 14.4. The summed E-state index contributed by atoms with van der Waals surface area (Å²) in [6.45, 7) is 4.96. The van der Waals surface area contributed by atoms with E-state index in [9.17, 15) is 13.2 Å². The minimum Gasteiger partial charge on any atom is -0.369 e. The number of sulfonamides is 1. The van der Waals surface area contributed by atoms with E-state index in [-0.39, 0.29) is 17.6 Å². The molecule has 2 fully saturated rings. The Labute approximate surface area is 169 Å². The molecule has 1 aromatic rings. The van der Waals surface area contributed by atoms with Crippen molar-refractivity contribution in [3.63, 3.8) is 0 Å². The van der Waals surface area contributed by atoms with Crippen molar-refractivity contribution in [1.29, 1.82) is 0 Å². The summed E-state index contributed by atoms with van der Waals surface area (Å²) in [5, 5.41) is 2.93. The van der Waals surface area contributed by atoms with E-state index in [0.29, 0.717) is 39.1 Å². The second-order valence-electron chi connectivity index (χ2n) is 8.02. The average Bonchev–Trinajstić information content (AvgIpc) is 2.72. The Morgan fingerprint density at radius 3 is 2.50 bits per heavy atom. The van der Waals surface area contributed by atoms with Crippen molar-refractivity contribution in [2.75, 3.05) is 43.4 Å². The first-order chi connectivity index (χ1) is 13.5. The molecular formula is C21H33N3O3S. The number of carbonyl (C=O) groups is 1. The van der Waals surface area contributed by atoms with Gasteiger partial charge in [0.1, 0.15) is 0 Å². The molecule has 0 radical (unpaired) electrons. The zero-order chi connectivity index (χ0) is 20.0. The minimum atomic E-state index is -3.26. The van der Waals surface area contributed by atoms with Crippen molar-refractivity contribution in [3.05, 3.63) is 29.8 Å². The van der Waals surface area contributed by atoms with Gasteiger partial charge in [0.15, 0.2) is 0 Å². The number of rotatable bonds is 7. The lowest BCUT2D eigenvalue weighted by atomic mass is 9.89. The maximum Gasteiger partial charge on any atom is 0.223 e. The number of aryl methyl sites for hydroxylation is 1. The molecule has 1 heterocycles. The fourth-order valence-electron chi connectivity index (χ4n) is 4.15. The van der Waals surface area contributed by atoms with Gasteiger partial charge in [-0.15, -0.1) is 0 Å². The van der Waals surface area contributed by atoms with Gasteiger partial charge in [0.05, 0.1) is 5.75 Å². The summed E-state index contributed by atoms with van der Waals surface area (Å²) in [6.07, 6.45) is 5.88. The van der Waals surface area contributed by atoms with Crippen LogP contribution in [0.5, 0.6) is 0 Å². The molecule has 0 unspecified atom stereocenters. The van der Waals surface area contributed by atoms with Gasteiger partial charge in [-0.05, 0) is 43.9 Å². The second kappa shape index (κ2) is 9.74. The molecule has 3 rings (SSSR count). The molecule has 28 heavy (non-hydrogen) atoms. The van der Waals surface area contributed by atoms with Crippen LogP contribution in [0.2, 0.25) is 0 Å². The van der Waals surface area contributed by atoms with Gasteiger partial charge in [-0.2, -0.15) is 4.31 Å². The van der Waals surface area contributed by atoms with Crippen LogP contribution in [0.1, 0.15) is 44.1 Å². The first-order valence-corrected chi connectivity index (χ1v) is 12.1. The molecular weight excluding hydrogens is 374 g/mol. The van der Waals surface area contributed by atoms with Crippen molar-refractivity contribution in [3.8, 4) is 0 Å². The predicted octanol–water partition coefficient (Wildman–Crippen LogP) is 2.53. The molecule has 1 amide bonds. The van der Waals surface area contributed by atoms with E-state index in [1.54, 1.807) is 4.31 Å². The van der Waals surface area contributed by atoms with Crippen LogP contribution in [-0.4, -0.2) is 57.1 Å². The van der Waals surface area contributed by atoms with Crippen molar-refractivity contribution in [2.45, 2.75) is 45.4 Å². The third kappa shape index (κ3) is 5.70. The third-order valence-electron chi connectivity index (χ3n) is 5.85. The summed E-state index contributed by atoms with van der Waals surface area (Å²) in [5.41, 5.74) is 2.37. The number of nitrogens with zero attached hydrogens (tertiary/aromatic N) is 2. The Kier molecular flexibility index (Phi) is 7.35. The average molecular weight is 408 g/mol. The van der Waals surface area contributed by atoms with Gasteiger partial charge in [-0.3, -0.25) is 4.79 Å². The predicted molar refractivity (Wildman–Crippen MR) is 113 cm³/mol. The SMILES string of the molecule is Cc1cccc(N2CCN(S(=O)(=O)CCCNC(=O)C3CCCCC3)CC2)c1. The molecule has 1 aliphatic carbocycles. The largest absolute Gasteiger partial charge is 0.369 e. The maximum atomic E-state index is 12.6. The number of hydrogen-bond acceptors (Lipinski definition) is 4. The Bertz CT molecular complexity index is 752. The highest BCUT2D eigenvalue weighted by Crippen LogP contribution is 2.23. The van der Waals surface area contributed by atoms with Gasteiger partial charge in [-0.25, -0.2) is 8.42 Å². The lowest BCUT2D eigenvalue weighted by molar-refractivity contribution is -0.125. The maximum absolute atomic E-state index is 12.6. The number of piperazine rings is 1. The monoisotopic (exact) mass is 407 g/mol. The van der Waals surface area contributed by atoms with E-state index in [1.165, 1.54) is 12.0 Å². The van der Waals surface area contributed by atoms with Crippen LogP contribution >= 0.6 is 0 Å². The fraction of sp³-hybridized carbons (Fsp3) is 0.667. The number of benzene rings is 1. The second-order valence-corrected chi connectivity index (χ2v) is 10.1.